The minimum Gasteiger partial charge on any atom is -0.496 e. The first kappa shape index (κ1) is 32.1. The lowest BCUT2D eigenvalue weighted by atomic mass is 9.74. The van der Waals surface area contributed by atoms with E-state index in [9.17, 15) is 9.90 Å². The van der Waals surface area contributed by atoms with Crippen LogP contribution in [-0.2, 0) is 17.0 Å². The predicted molar refractivity (Wildman–Crippen MR) is 174 cm³/mol. The Kier molecular flexibility index (Phi) is 7.98. The number of benzene rings is 4. The molecule has 0 radical (unpaired) electrons. The first-order valence-electron chi connectivity index (χ1n) is 15.4. The summed E-state index contributed by atoms with van der Waals surface area (Å²) < 4.78 is 59.4. The third kappa shape index (κ3) is 4.80. The molecule has 0 aromatic heterocycles. The lowest BCUT2D eigenvalue weighted by Crippen LogP contribution is -2.57. The van der Waals surface area contributed by atoms with Gasteiger partial charge in [-0.1, -0.05) is 6.07 Å². The van der Waals surface area contributed by atoms with Crippen molar-refractivity contribution in [2.75, 3.05) is 49.8 Å². The van der Waals surface area contributed by atoms with Gasteiger partial charge in [-0.3, -0.25) is 4.79 Å². The standard InChI is InChI=1S/C37H36O12/c1-40-20-14-28(46-7)31-29(15-20)48-37(19-9-11-24(42-3)27(13-19)45-6)36(39)33(31)32-30(49-37)17-25(43-4)21-16-22(38)34(47-35(21)32)18-8-10-23(41-2)26(12-18)44-5/h8-15,17,33-34,36,39H,16H2,1-7H3/t33-,34-,36-,37+/m1/s1. The molecule has 12 nitrogen and oxygen atoms in total. The van der Waals surface area contributed by atoms with Crippen LogP contribution in [0.25, 0.3) is 0 Å². The van der Waals surface area contributed by atoms with Gasteiger partial charge in [-0.15, -0.1) is 0 Å². The van der Waals surface area contributed by atoms with Gasteiger partial charge in [0.1, 0.15) is 40.6 Å². The van der Waals surface area contributed by atoms with Crippen LogP contribution in [0, 0.1) is 0 Å². The maximum atomic E-state index is 13.7. The summed E-state index contributed by atoms with van der Waals surface area (Å²) >= 11 is 0. The normalized spacial score (nSPS) is 21.4. The number of ether oxygens (including phenoxy) is 10. The van der Waals surface area contributed by atoms with Gasteiger partial charge in [-0.25, -0.2) is 0 Å². The zero-order chi connectivity index (χ0) is 34.6. The van der Waals surface area contributed by atoms with E-state index in [0.717, 1.165) is 0 Å². The Hall–Kier alpha value is -5.49. The molecular weight excluding hydrogens is 636 g/mol. The summed E-state index contributed by atoms with van der Waals surface area (Å²) in [7, 11) is 10.7. The van der Waals surface area contributed by atoms with Gasteiger partial charge >= 0.3 is 5.79 Å². The van der Waals surface area contributed by atoms with Crippen LogP contribution in [0.1, 0.15) is 39.8 Å². The highest BCUT2D eigenvalue weighted by Gasteiger charge is 2.60. The molecule has 256 valence electrons. The molecule has 4 aromatic rings. The second-order valence-corrected chi connectivity index (χ2v) is 11.7. The molecule has 12 heteroatoms. The summed E-state index contributed by atoms with van der Waals surface area (Å²) in [5.74, 6) is 1.36. The monoisotopic (exact) mass is 672 g/mol. The molecule has 49 heavy (non-hydrogen) atoms. The minimum absolute atomic E-state index is 0.00244. The van der Waals surface area contributed by atoms with E-state index in [1.807, 2.05) is 0 Å². The highest BCUT2D eigenvalue weighted by atomic mass is 16.7. The number of rotatable bonds is 9. The van der Waals surface area contributed by atoms with Gasteiger partial charge in [0.15, 0.2) is 34.9 Å². The number of ketones is 1. The Morgan fingerprint density at radius 2 is 1.27 bits per heavy atom. The summed E-state index contributed by atoms with van der Waals surface area (Å²) in [6.45, 7) is 0. The number of Topliss-reactive ketones (excluding diaryl/α,β-unsaturated/α-hetero) is 1. The van der Waals surface area contributed by atoms with Crippen LogP contribution in [0.3, 0.4) is 0 Å². The van der Waals surface area contributed by atoms with Crippen molar-refractivity contribution in [2.24, 2.45) is 0 Å². The van der Waals surface area contributed by atoms with Gasteiger partial charge in [0, 0.05) is 52.4 Å². The Bertz CT molecular complexity index is 1950. The molecule has 0 saturated heterocycles. The maximum Gasteiger partial charge on any atom is 0.305 e. The van der Waals surface area contributed by atoms with Crippen LogP contribution in [0.4, 0.5) is 0 Å². The number of carbonyl (C=O) groups excluding carboxylic acids is 1. The predicted octanol–water partition coefficient (Wildman–Crippen LogP) is 5.12. The van der Waals surface area contributed by atoms with E-state index >= 15 is 0 Å². The molecule has 0 amide bonds. The fourth-order valence-electron chi connectivity index (χ4n) is 7.00. The van der Waals surface area contributed by atoms with Gasteiger partial charge < -0.3 is 52.5 Å². The van der Waals surface area contributed by atoms with E-state index in [4.69, 9.17) is 47.4 Å². The number of carbonyl (C=O) groups is 1. The van der Waals surface area contributed by atoms with E-state index in [-0.39, 0.29) is 12.2 Å². The maximum absolute atomic E-state index is 13.7. The van der Waals surface area contributed by atoms with Crippen molar-refractivity contribution in [3.63, 3.8) is 0 Å². The van der Waals surface area contributed by atoms with Crippen LogP contribution >= 0.6 is 0 Å². The average Bonchev–Trinajstić information content (AvgIpc) is 3.13. The summed E-state index contributed by atoms with van der Waals surface area (Å²) in [5.41, 5.74) is 2.60. The molecule has 7 rings (SSSR count). The van der Waals surface area contributed by atoms with E-state index < -0.39 is 23.9 Å². The molecule has 4 atom stereocenters. The molecule has 3 aliphatic heterocycles. The molecule has 0 aliphatic carbocycles. The van der Waals surface area contributed by atoms with E-state index in [1.165, 1.54) is 49.8 Å². The van der Waals surface area contributed by atoms with Gasteiger partial charge in [-0.05, 0) is 30.3 Å². The lowest BCUT2D eigenvalue weighted by Gasteiger charge is -2.50. The second-order valence-electron chi connectivity index (χ2n) is 11.7. The van der Waals surface area contributed by atoms with Crippen molar-refractivity contribution in [2.45, 2.75) is 30.3 Å². The van der Waals surface area contributed by atoms with Crippen molar-refractivity contribution < 1.29 is 57.3 Å². The van der Waals surface area contributed by atoms with E-state index in [0.29, 0.717) is 85.3 Å². The highest BCUT2D eigenvalue weighted by Crippen LogP contribution is 2.62. The van der Waals surface area contributed by atoms with Crippen molar-refractivity contribution >= 4 is 5.78 Å². The van der Waals surface area contributed by atoms with Crippen LogP contribution in [0.5, 0.6) is 57.5 Å². The summed E-state index contributed by atoms with van der Waals surface area (Å²) in [4.78, 5) is 13.7. The topological polar surface area (TPSA) is 130 Å². The molecule has 3 heterocycles. The van der Waals surface area contributed by atoms with Crippen molar-refractivity contribution in [1.29, 1.82) is 0 Å². The van der Waals surface area contributed by atoms with Crippen LogP contribution in [0.2, 0.25) is 0 Å². The molecule has 4 aromatic carbocycles. The Morgan fingerprint density at radius 3 is 1.90 bits per heavy atom. The summed E-state index contributed by atoms with van der Waals surface area (Å²) in [6, 6.07) is 15.5. The number of aliphatic hydroxyl groups is 1. The first-order chi connectivity index (χ1) is 23.7. The number of hydrogen-bond acceptors (Lipinski definition) is 12. The Morgan fingerprint density at radius 1 is 0.653 bits per heavy atom. The van der Waals surface area contributed by atoms with Crippen molar-refractivity contribution in [1.82, 2.24) is 0 Å². The molecule has 0 fully saturated rings. The SMILES string of the molecule is COc1cc(OC)c2c(c1)O[C@@]1(c3ccc(OC)c(OC)c3)Oc3cc(OC)c4c(c3[C@@H]2[C@H]1O)O[C@H](c1ccc(OC)c(OC)c1)C(=O)C4. The summed E-state index contributed by atoms with van der Waals surface area (Å²) in [5, 5.41) is 12.5. The number of hydrogen-bond donors (Lipinski definition) is 1. The average molecular weight is 673 g/mol. The molecule has 0 saturated carbocycles. The van der Waals surface area contributed by atoms with E-state index in [2.05, 4.69) is 0 Å². The van der Waals surface area contributed by atoms with Gasteiger partial charge in [0.05, 0.1) is 55.7 Å². The molecule has 0 spiro atoms. The summed E-state index contributed by atoms with van der Waals surface area (Å²) in [6.07, 6.45) is -2.36. The number of aliphatic hydroxyl groups excluding tert-OH is 1. The quantitative estimate of drug-likeness (QED) is 0.253. The molecular formula is C37H36O12. The zero-order valence-electron chi connectivity index (χ0n) is 28.1. The van der Waals surface area contributed by atoms with Gasteiger partial charge in [0.25, 0.3) is 0 Å². The number of fused-ring (bicyclic) bond motifs is 8. The lowest BCUT2D eigenvalue weighted by molar-refractivity contribution is -0.219. The fourth-order valence-corrected chi connectivity index (χ4v) is 7.00. The second kappa shape index (κ2) is 12.2. The third-order valence-corrected chi connectivity index (χ3v) is 9.32. The van der Waals surface area contributed by atoms with Gasteiger partial charge in [-0.2, -0.15) is 0 Å². The Labute approximate surface area is 282 Å². The highest BCUT2D eigenvalue weighted by molar-refractivity contribution is 5.90. The zero-order valence-corrected chi connectivity index (χ0v) is 28.1. The number of methoxy groups -OCH3 is 7. The van der Waals surface area contributed by atoms with Crippen LogP contribution in [0.15, 0.2) is 54.6 Å². The molecule has 0 unspecified atom stereocenters. The first-order valence-corrected chi connectivity index (χ1v) is 15.4. The van der Waals surface area contributed by atoms with Crippen molar-refractivity contribution in [3.05, 3.63) is 82.4 Å². The van der Waals surface area contributed by atoms with E-state index in [1.54, 1.807) is 54.6 Å². The largest absolute Gasteiger partial charge is 0.496 e. The Balaban J connectivity index is 1.48. The minimum atomic E-state index is -1.78. The van der Waals surface area contributed by atoms with Crippen LogP contribution < -0.4 is 47.4 Å². The smallest absolute Gasteiger partial charge is 0.305 e. The third-order valence-electron chi connectivity index (χ3n) is 9.32. The fraction of sp³-hybridized carbons (Fsp3) is 0.324. The molecule has 1 N–H and O–H groups in total. The molecule has 3 aliphatic rings. The van der Waals surface area contributed by atoms with Crippen LogP contribution in [-0.4, -0.2) is 66.8 Å². The van der Waals surface area contributed by atoms with Gasteiger partial charge in [0.2, 0.25) is 0 Å². The molecule has 2 bridgehead atoms. The van der Waals surface area contributed by atoms with Crippen molar-refractivity contribution in [3.8, 4) is 57.5 Å².